The van der Waals surface area contributed by atoms with Crippen LogP contribution in [0.5, 0.6) is 0 Å². The maximum absolute atomic E-state index is 12.9. The molecule has 2 fully saturated rings. The van der Waals surface area contributed by atoms with E-state index in [0.29, 0.717) is 6.54 Å². The molecule has 1 atom stereocenters. The third-order valence-electron chi connectivity index (χ3n) is 5.44. The first kappa shape index (κ1) is 17.9. The molecule has 3 heterocycles. The minimum atomic E-state index is -0.00215. The Labute approximate surface area is 159 Å². The number of piperidine rings is 1. The van der Waals surface area contributed by atoms with Crippen molar-refractivity contribution in [3.8, 4) is 0 Å². The van der Waals surface area contributed by atoms with Crippen molar-refractivity contribution in [2.75, 3.05) is 37.7 Å². The maximum Gasteiger partial charge on any atom is 0.318 e. The summed E-state index contributed by atoms with van der Waals surface area (Å²) in [5.74, 6) is 0. The molecule has 7 heteroatoms. The number of morpholine rings is 1. The van der Waals surface area contributed by atoms with Gasteiger partial charge in [-0.2, -0.15) is 5.10 Å². The van der Waals surface area contributed by atoms with Crippen molar-refractivity contribution in [1.29, 1.82) is 0 Å². The van der Waals surface area contributed by atoms with Gasteiger partial charge < -0.3 is 19.9 Å². The number of aromatic amines is 1. The molecule has 0 bridgehead atoms. The summed E-state index contributed by atoms with van der Waals surface area (Å²) in [5.41, 5.74) is 3.41. The van der Waals surface area contributed by atoms with E-state index in [2.05, 4.69) is 38.6 Å². The van der Waals surface area contributed by atoms with Crippen molar-refractivity contribution < 1.29 is 9.53 Å². The number of hydrogen-bond acceptors (Lipinski definition) is 4. The highest BCUT2D eigenvalue weighted by Crippen LogP contribution is 2.30. The number of likely N-dealkylation sites (tertiary alicyclic amines) is 1. The summed E-state index contributed by atoms with van der Waals surface area (Å²) in [4.78, 5) is 17.2. The smallest absolute Gasteiger partial charge is 0.318 e. The number of benzene rings is 1. The minimum Gasteiger partial charge on any atom is -0.378 e. The summed E-state index contributed by atoms with van der Waals surface area (Å²) in [6.45, 7) is 4.59. The van der Waals surface area contributed by atoms with E-state index in [9.17, 15) is 4.79 Å². The van der Waals surface area contributed by atoms with Crippen LogP contribution >= 0.6 is 0 Å². The number of aromatic nitrogens is 2. The van der Waals surface area contributed by atoms with Crippen molar-refractivity contribution in [3.05, 3.63) is 47.8 Å². The summed E-state index contributed by atoms with van der Waals surface area (Å²) in [6.07, 6.45) is 6.89. The Kier molecular flexibility index (Phi) is 5.58. The lowest BCUT2D eigenvalue weighted by Crippen LogP contribution is -2.44. The second-order valence-electron chi connectivity index (χ2n) is 7.12. The lowest BCUT2D eigenvalue weighted by Gasteiger charge is -2.35. The first-order valence-electron chi connectivity index (χ1n) is 9.76. The van der Waals surface area contributed by atoms with Gasteiger partial charge in [-0.25, -0.2) is 4.79 Å². The Morgan fingerprint density at radius 3 is 2.89 bits per heavy atom. The van der Waals surface area contributed by atoms with Crippen molar-refractivity contribution in [3.63, 3.8) is 0 Å². The number of nitrogens with zero attached hydrogens (tertiary/aromatic N) is 3. The van der Waals surface area contributed by atoms with Gasteiger partial charge in [0.1, 0.15) is 0 Å². The highest BCUT2D eigenvalue weighted by Gasteiger charge is 2.28. The molecule has 27 heavy (non-hydrogen) atoms. The summed E-state index contributed by atoms with van der Waals surface area (Å²) in [7, 11) is 0. The molecular formula is C20H27N5O2. The minimum absolute atomic E-state index is 0.00215. The predicted molar refractivity (Wildman–Crippen MR) is 104 cm³/mol. The van der Waals surface area contributed by atoms with Crippen LogP contribution in [-0.2, 0) is 11.3 Å². The molecule has 1 aromatic heterocycles. The zero-order chi connectivity index (χ0) is 18.5. The van der Waals surface area contributed by atoms with E-state index in [4.69, 9.17) is 4.74 Å². The molecule has 0 aliphatic carbocycles. The topological polar surface area (TPSA) is 73.5 Å². The normalized spacial score (nSPS) is 20.5. The van der Waals surface area contributed by atoms with Crippen molar-refractivity contribution in [2.24, 2.45) is 0 Å². The maximum atomic E-state index is 12.9. The molecule has 0 spiro atoms. The Balaban J connectivity index is 1.43. The number of rotatable bonds is 4. The Hall–Kier alpha value is -2.54. The van der Waals surface area contributed by atoms with Gasteiger partial charge in [-0.05, 0) is 30.9 Å². The second kappa shape index (κ2) is 8.43. The average Bonchev–Trinajstić information content (AvgIpc) is 3.28. The van der Waals surface area contributed by atoms with Crippen LogP contribution in [0.15, 0.2) is 36.7 Å². The fourth-order valence-electron chi connectivity index (χ4n) is 4.01. The van der Waals surface area contributed by atoms with Gasteiger partial charge in [0.2, 0.25) is 0 Å². The molecule has 0 radical (unpaired) electrons. The molecule has 2 aliphatic heterocycles. The van der Waals surface area contributed by atoms with E-state index in [1.165, 1.54) is 5.69 Å². The van der Waals surface area contributed by atoms with Crippen LogP contribution in [0.2, 0.25) is 0 Å². The monoisotopic (exact) mass is 369 g/mol. The van der Waals surface area contributed by atoms with Gasteiger partial charge in [-0.15, -0.1) is 0 Å². The summed E-state index contributed by atoms with van der Waals surface area (Å²) in [6, 6.07) is 8.40. The number of hydrogen-bond donors (Lipinski definition) is 2. The first-order valence-corrected chi connectivity index (χ1v) is 9.76. The van der Waals surface area contributed by atoms with E-state index in [-0.39, 0.29) is 12.1 Å². The van der Waals surface area contributed by atoms with Crippen LogP contribution in [0, 0.1) is 0 Å². The van der Waals surface area contributed by atoms with E-state index >= 15 is 0 Å². The number of ether oxygens (including phenoxy) is 1. The third kappa shape index (κ3) is 4.08. The van der Waals surface area contributed by atoms with Crippen LogP contribution in [0.4, 0.5) is 10.5 Å². The number of carbonyl (C=O) groups excluding carboxylic acids is 1. The summed E-state index contributed by atoms with van der Waals surface area (Å²) < 4.78 is 5.46. The van der Waals surface area contributed by atoms with Crippen molar-refractivity contribution in [1.82, 2.24) is 20.4 Å². The van der Waals surface area contributed by atoms with Crippen LogP contribution in [0.1, 0.15) is 36.4 Å². The molecule has 2 aliphatic rings. The number of amides is 2. The highest BCUT2D eigenvalue weighted by molar-refractivity contribution is 5.75. The molecule has 1 aromatic carbocycles. The van der Waals surface area contributed by atoms with Gasteiger partial charge in [0, 0.05) is 43.6 Å². The molecule has 2 saturated heterocycles. The third-order valence-corrected chi connectivity index (χ3v) is 5.44. The van der Waals surface area contributed by atoms with Crippen LogP contribution in [0.25, 0.3) is 0 Å². The standard InChI is InChI=1S/C20H27N5O2/c26-20(25-8-4-3-7-19(25)17-14-22-23-15-17)21-13-16-5-1-2-6-18(16)24-9-11-27-12-10-24/h1-2,5-6,14-15,19H,3-4,7-13H2,(H,21,26)(H,22,23). The molecule has 7 nitrogen and oxygen atoms in total. The van der Waals surface area contributed by atoms with Gasteiger partial charge in [-0.3, -0.25) is 5.10 Å². The summed E-state index contributed by atoms with van der Waals surface area (Å²) >= 11 is 0. The Bertz CT molecular complexity index is 743. The van der Waals surface area contributed by atoms with E-state index < -0.39 is 0 Å². The SMILES string of the molecule is O=C(NCc1ccccc1N1CCOCC1)N1CCCCC1c1cn[nH]c1. The zero-order valence-corrected chi connectivity index (χ0v) is 15.6. The Morgan fingerprint density at radius 1 is 1.22 bits per heavy atom. The molecule has 4 rings (SSSR count). The molecule has 1 unspecified atom stereocenters. The predicted octanol–water partition coefficient (Wildman–Crippen LogP) is 2.68. The number of H-pyrrole nitrogens is 1. The molecule has 2 amide bonds. The summed E-state index contributed by atoms with van der Waals surface area (Å²) in [5, 5.41) is 10.1. The van der Waals surface area contributed by atoms with E-state index in [1.807, 2.05) is 23.4 Å². The number of anilines is 1. The van der Waals surface area contributed by atoms with E-state index in [1.54, 1.807) is 0 Å². The number of carbonyl (C=O) groups is 1. The van der Waals surface area contributed by atoms with E-state index in [0.717, 1.165) is 63.2 Å². The quantitative estimate of drug-likeness (QED) is 0.869. The Morgan fingerprint density at radius 2 is 2.07 bits per heavy atom. The number of urea groups is 1. The molecule has 0 saturated carbocycles. The molecular weight excluding hydrogens is 342 g/mol. The molecule has 144 valence electrons. The lowest BCUT2D eigenvalue weighted by atomic mass is 9.98. The van der Waals surface area contributed by atoms with Crippen LogP contribution in [0.3, 0.4) is 0 Å². The van der Waals surface area contributed by atoms with Gasteiger partial charge in [0.15, 0.2) is 0 Å². The fourth-order valence-corrected chi connectivity index (χ4v) is 4.01. The van der Waals surface area contributed by atoms with Gasteiger partial charge in [-0.1, -0.05) is 18.2 Å². The first-order chi connectivity index (χ1) is 13.3. The van der Waals surface area contributed by atoms with Gasteiger partial charge >= 0.3 is 6.03 Å². The number of nitrogens with one attached hydrogen (secondary N) is 2. The molecule has 2 aromatic rings. The van der Waals surface area contributed by atoms with Crippen molar-refractivity contribution in [2.45, 2.75) is 31.8 Å². The highest BCUT2D eigenvalue weighted by atomic mass is 16.5. The fraction of sp³-hybridized carbons (Fsp3) is 0.500. The van der Waals surface area contributed by atoms with Gasteiger partial charge in [0.05, 0.1) is 25.5 Å². The zero-order valence-electron chi connectivity index (χ0n) is 15.6. The van der Waals surface area contributed by atoms with Crippen LogP contribution in [-0.4, -0.2) is 54.0 Å². The van der Waals surface area contributed by atoms with Gasteiger partial charge in [0.25, 0.3) is 0 Å². The average molecular weight is 369 g/mol. The number of para-hydroxylation sites is 1. The molecule has 2 N–H and O–H groups in total. The lowest BCUT2D eigenvalue weighted by molar-refractivity contribution is 0.122. The van der Waals surface area contributed by atoms with Crippen molar-refractivity contribution >= 4 is 11.7 Å². The second-order valence-corrected chi connectivity index (χ2v) is 7.12. The largest absolute Gasteiger partial charge is 0.378 e. The van der Waals surface area contributed by atoms with Crippen LogP contribution < -0.4 is 10.2 Å².